The second kappa shape index (κ2) is 6.02. The molecule has 0 saturated heterocycles. The first-order valence-electron chi connectivity index (χ1n) is 4.97. The molecule has 0 atom stereocenters. The van der Waals surface area contributed by atoms with Crippen molar-refractivity contribution >= 4 is 17.8 Å². The van der Waals surface area contributed by atoms with Crippen molar-refractivity contribution in [2.45, 2.75) is 0 Å². The number of amidine groups is 1. The second-order valence-electron chi connectivity index (χ2n) is 3.53. The Morgan fingerprint density at radius 3 is 2.69 bits per heavy atom. The minimum atomic E-state index is 0.417. The van der Waals surface area contributed by atoms with Crippen LogP contribution in [0.2, 0.25) is 0 Å². The SMILES string of the molecule is COC/C(=N/c1ccccc1C=O)N(C)C. The van der Waals surface area contributed by atoms with Crippen molar-refractivity contribution in [3.63, 3.8) is 0 Å². The van der Waals surface area contributed by atoms with Crippen LogP contribution in [0.25, 0.3) is 0 Å². The van der Waals surface area contributed by atoms with Gasteiger partial charge in [0.05, 0.1) is 5.69 Å². The zero-order valence-corrected chi connectivity index (χ0v) is 9.80. The summed E-state index contributed by atoms with van der Waals surface area (Å²) >= 11 is 0. The molecule has 1 aromatic carbocycles. The molecule has 0 amide bonds. The first-order chi connectivity index (χ1) is 7.69. The van der Waals surface area contributed by atoms with Crippen LogP contribution in [0.5, 0.6) is 0 Å². The van der Waals surface area contributed by atoms with Crippen LogP contribution < -0.4 is 0 Å². The summed E-state index contributed by atoms with van der Waals surface area (Å²) in [6.07, 6.45) is 0.804. The minimum absolute atomic E-state index is 0.417. The van der Waals surface area contributed by atoms with Crippen LogP contribution in [0, 0.1) is 0 Å². The van der Waals surface area contributed by atoms with Gasteiger partial charge in [-0.05, 0) is 12.1 Å². The molecule has 0 bridgehead atoms. The zero-order chi connectivity index (χ0) is 12.0. The van der Waals surface area contributed by atoms with Crippen LogP contribution in [0.1, 0.15) is 10.4 Å². The van der Waals surface area contributed by atoms with E-state index in [1.54, 1.807) is 13.2 Å². The molecule has 0 fully saturated rings. The number of aliphatic imine (C=N–C) groups is 1. The van der Waals surface area contributed by atoms with E-state index in [4.69, 9.17) is 4.74 Å². The van der Waals surface area contributed by atoms with Gasteiger partial charge in [-0.25, -0.2) is 4.99 Å². The van der Waals surface area contributed by atoms with Gasteiger partial charge in [-0.1, -0.05) is 12.1 Å². The molecule has 0 spiro atoms. The van der Waals surface area contributed by atoms with Gasteiger partial charge in [0.25, 0.3) is 0 Å². The lowest BCUT2D eigenvalue weighted by Crippen LogP contribution is -2.26. The number of carbonyl (C=O) groups excluding carboxylic acids is 1. The monoisotopic (exact) mass is 220 g/mol. The number of ether oxygens (including phenoxy) is 1. The number of para-hydroxylation sites is 1. The maximum Gasteiger partial charge on any atom is 0.152 e. The standard InChI is InChI=1S/C12H16N2O2/c1-14(2)12(9-16-3)13-11-7-5-4-6-10(11)8-15/h4-8H,9H2,1-3H3/b13-12-. The highest BCUT2D eigenvalue weighted by atomic mass is 16.5. The number of benzene rings is 1. The first kappa shape index (κ1) is 12.4. The Bertz CT molecular complexity index is 386. The summed E-state index contributed by atoms with van der Waals surface area (Å²) < 4.78 is 5.05. The molecule has 0 unspecified atom stereocenters. The van der Waals surface area contributed by atoms with Crippen molar-refractivity contribution < 1.29 is 9.53 Å². The molecule has 16 heavy (non-hydrogen) atoms. The number of hydrogen-bond acceptors (Lipinski definition) is 3. The van der Waals surface area contributed by atoms with E-state index >= 15 is 0 Å². The van der Waals surface area contributed by atoms with E-state index in [1.165, 1.54) is 0 Å². The number of rotatable bonds is 4. The maximum absolute atomic E-state index is 10.8. The molecule has 4 nitrogen and oxygen atoms in total. The molecule has 0 aliphatic carbocycles. The maximum atomic E-state index is 10.8. The Labute approximate surface area is 95.6 Å². The third-order valence-electron chi connectivity index (χ3n) is 2.10. The van der Waals surface area contributed by atoms with E-state index in [1.807, 2.05) is 37.2 Å². The van der Waals surface area contributed by atoms with Crippen molar-refractivity contribution in [1.82, 2.24) is 4.90 Å². The molecular formula is C12H16N2O2. The molecule has 86 valence electrons. The molecule has 0 aromatic heterocycles. The third kappa shape index (κ3) is 3.17. The van der Waals surface area contributed by atoms with E-state index in [9.17, 15) is 4.79 Å². The molecule has 4 heteroatoms. The van der Waals surface area contributed by atoms with Gasteiger partial charge >= 0.3 is 0 Å². The van der Waals surface area contributed by atoms with E-state index in [2.05, 4.69) is 4.99 Å². The summed E-state index contributed by atoms with van der Waals surface area (Å²) in [5.41, 5.74) is 1.25. The highest BCUT2D eigenvalue weighted by Crippen LogP contribution is 2.17. The topological polar surface area (TPSA) is 41.9 Å². The predicted molar refractivity (Wildman–Crippen MR) is 64.5 cm³/mol. The van der Waals surface area contributed by atoms with Crippen molar-refractivity contribution in [3.05, 3.63) is 29.8 Å². The quantitative estimate of drug-likeness (QED) is 0.441. The van der Waals surface area contributed by atoms with E-state index in [-0.39, 0.29) is 0 Å². The molecule has 0 aliphatic rings. The average molecular weight is 220 g/mol. The molecule has 0 aliphatic heterocycles. The number of carbonyl (C=O) groups is 1. The molecule has 0 radical (unpaired) electrons. The number of aldehydes is 1. The van der Waals surface area contributed by atoms with Gasteiger partial charge in [-0.15, -0.1) is 0 Å². The largest absolute Gasteiger partial charge is 0.377 e. The fourth-order valence-electron chi connectivity index (χ4n) is 1.22. The smallest absolute Gasteiger partial charge is 0.152 e. The third-order valence-corrected chi connectivity index (χ3v) is 2.10. The number of likely N-dealkylation sites (N-methyl/N-ethyl adjacent to an activating group) is 1. The summed E-state index contributed by atoms with van der Waals surface area (Å²) in [5.74, 6) is 0.775. The molecule has 0 heterocycles. The van der Waals surface area contributed by atoms with Crippen molar-refractivity contribution in [2.24, 2.45) is 4.99 Å². The second-order valence-corrected chi connectivity index (χ2v) is 3.53. The van der Waals surface area contributed by atoms with Crippen LogP contribution in [0.15, 0.2) is 29.3 Å². The summed E-state index contributed by atoms with van der Waals surface area (Å²) in [7, 11) is 5.40. The van der Waals surface area contributed by atoms with Gasteiger partial charge in [-0.3, -0.25) is 4.79 Å². The van der Waals surface area contributed by atoms with Crippen LogP contribution in [-0.4, -0.2) is 44.8 Å². The molecule has 0 N–H and O–H groups in total. The van der Waals surface area contributed by atoms with E-state index in [0.717, 1.165) is 12.1 Å². The van der Waals surface area contributed by atoms with Gasteiger partial charge < -0.3 is 9.64 Å². The van der Waals surface area contributed by atoms with Gasteiger partial charge in [-0.2, -0.15) is 0 Å². The van der Waals surface area contributed by atoms with Gasteiger partial charge in [0.15, 0.2) is 6.29 Å². The fraction of sp³-hybridized carbons (Fsp3) is 0.333. The minimum Gasteiger partial charge on any atom is -0.377 e. The predicted octanol–water partition coefficient (Wildman–Crippen LogP) is 1.74. The highest BCUT2D eigenvalue weighted by molar-refractivity contribution is 5.90. The lowest BCUT2D eigenvalue weighted by molar-refractivity contribution is 0.112. The van der Waals surface area contributed by atoms with Crippen molar-refractivity contribution in [3.8, 4) is 0 Å². The lowest BCUT2D eigenvalue weighted by atomic mass is 10.2. The van der Waals surface area contributed by atoms with Crippen LogP contribution in [0.4, 0.5) is 5.69 Å². The lowest BCUT2D eigenvalue weighted by Gasteiger charge is -2.15. The van der Waals surface area contributed by atoms with E-state index in [0.29, 0.717) is 17.9 Å². The van der Waals surface area contributed by atoms with Crippen molar-refractivity contribution in [1.29, 1.82) is 0 Å². The zero-order valence-electron chi connectivity index (χ0n) is 9.80. The fourth-order valence-corrected chi connectivity index (χ4v) is 1.22. The Hall–Kier alpha value is -1.68. The Morgan fingerprint density at radius 2 is 2.12 bits per heavy atom. The molecule has 1 aromatic rings. The van der Waals surface area contributed by atoms with Crippen LogP contribution in [0.3, 0.4) is 0 Å². The number of methoxy groups -OCH3 is 1. The Morgan fingerprint density at radius 1 is 1.44 bits per heavy atom. The number of hydrogen-bond donors (Lipinski definition) is 0. The van der Waals surface area contributed by atoms with Crippen LogP contribution >= 0.6 is 0 Å². The average Bonchev–Trinajstić information content (AvgIpc) is 2.29. The highest BCUT2D eigenvalue weighted by Gasteiger charge is 2.04. The van der Waals surface area contributed by atoms with Gasteiger partial charge in [0.2, 0.25) is 0 Å². The van der Waals surface area contributed by atoms with Gasteiger partial charge in [0, 0.05) is 26.8 Å². The van der Waals surface area contributed by atoms with E-state index < -0.39 is 0 Å². The Balaban J connectivity index is 3.06. The normalized spacial score (nSPS) is 11.3. The van der Waals surface area contributed by atoms with Crippen molar-refractivity contribution in [2.75, 3.05) is 27.8 Å². The summed E-state index contributed by atoms with van der Waals surface area (Å²) in [5, 5.41) is 0. The molecule has 0 saturated carbocycles. The first-order valence-corrected chi connectivity index (χ1v) is 4.97. The molecular weight excluding hydrogens is 204 g/mol. The van der Waals surface area contributed by atoms with Gasteiger partial charge in [0.1, 0.15) is 12.4 Å². The van der Waals surface area contributed by atoms with Crippen LogP contribution in [-0.2, 0) is 4.74 Å². The number of nitrogens with zero attached hydrogens (tertiary/aromatic N) is 2. The summed E-state index contributed by atoms with van der Waals surface area (Å²) in [6.45, 7) is 0.417. The summed E-state index contributed by atoms with van der Waals surface area (Å²) in [4.78, 5) is 17.1. The molecule has 1 rings (SSSR count). The summed E-state index contributed by atoms with van der Waals surface area (Å²) in [6, 6.07) is 7.22. The Kier molecular flexibility index (Phi) is 4.66.